The van der Waals surface area contributed by atoms with Crippen molar-refractivity contribution >= 4 is 43.5 Å². The zero-order valence-electron chi connectivity index (χ0n) is 47.2. The van der Waals surface area contributed by atoms with E-state index in [0.29, 0.717) is 0 Å². The van der Waals surface area contributed by atoms with E-state index in [0.717, 1.165) is 0 Å². The molecule has 0 saturated carbocycles. The molecule has 7 aromatic carbocycles. The SMILES string of the molecule is [2H]c1c([2H])c(-c2c([2H])c([2H])c([2H])c3c([2H])c([2H])c([2H])c([2H])c23)c([2H])c([2H])c1-c1nc(-c2c([2H])c([2H])c3c([2H])c([2H])c([2H])c([2H])c3c2[2H])nc(-c2c([2H])c([2H])c([2H])c3oc4c([2H])c([2H])c([2H])c([2H])c4c23)n1. The fraction of sp³-hybridized carbons (Fsp3) is 0. The first-order chi connectivity index (χ1) is 32.7. The maximum atomic E-state index is 9.33. The Balaban J connectivity index is 1.47. The number of para-hydroxylation sites is 1. The van der Waals surface area contributed by atoms with Gasteiger partial charge in [-0.3, -0.25) is 0 Å². The molecular formula is C41H25N3O. The Morgan fingerprint density at radius 1 is 0.400 bits per heavy atom. The Labute approximate surface area is 294 Å². The zero-order valence-corrected chi connectivity index (χ0v) is 22.2. The van der Waals surface area contributed by atoms with Gasteiger partial charge < -0.3 is 4.42 Å². The Hall–Kier alpha value is -6.13. The van der Waals surface area contributed by atoms with E-state index >= 15 is 0 Å². The third-order valence-electron chi connectivity index (χ3n) is 6.69. The molecule has 0 N–H and O–H groups in total. The van der Waals surface area contributed by atoms with E-state index in [1.165, 1.54) is 0 Å². The molecule has 0 fully saturated rings. The molecule has 210 valence electrons. The number of furan rings is 1. The molecule has 0 saturated heterocycles. The summed E-state index contributed by atoms with van der Waals surface area (Å²) in [6.07, 6.45) is 0. The van der Waals surface area contributed by atoms with E-state index in [1.807, 2.05) is 0 Å². The van der Waals surface area contributed by atoms with E-state index in [2.05, 4.69) is 15.0 Å². The number of benzene rings is 7. The van der Waals surface area contributed by atoms with Crippen molar-refractivity contribution in [3.05, 3.63) is 151 Å². The highest BCUT2D eigenvalue weighted by atomic mass is 16.3. The molecule has 0 spiro atoms. The molecule has 0 unspecified atom stereocenters. The lowest BCUT2D eigenvalue weighted by Crippen LogP contribution is -2.00. The van der Waals surface area contributed by atoms with E-state index in [1.54, 1.807) is 0 Å². The molecule has 0 amide bonds. The van der Waals surface area contributed by atoms with Crippen LogP contribution in [0.5, 0.6) is 0 Å². The minimum atomic E-state index is -1.03. The third-order valence-corrected chi connectivity index (χ3v) is 6.69. The van der Waals surface area contributed by atoms with Crippen molar-refractivity contribution in [2.75, 3.05) is 0 Å². The maximum absolute atomic E-state index is 9.33. The molecule has 4 nitrogen and oxygen atoms in total. The van der Waals surface area contributed by atoms with Crippen LogP contribution < -0.4 is 0 Å². The lowest BCUT2D eigenvalue weighted by molar-refractivity contribution is 0.669. The van der Waals surface area contributed by atoms with Crippen molar-refractivity contribution < 1.29 is 38.7 Å². The molecule has 9 aromatic rings. The first-order valence-corrected chi connectivity index (χ1v) is 13.0. The molecule has 2 heterocycles. The average Bonchev–Trinajstić information content (AvgIpc) is 3.72. The van der Waals surface area contributed by atoms with Gasteiger partial charge in [-0.25, -0.2) is 15.0 Å². The third kappa shape index (κ3) is 4.35. The second-order valence-electron chi connectivity index (χ2n) is 9.32. The lowest BCUT2D eigenvalue weighted by atomic mass is 9.97. The van der Waals surface area contributed by atoms with Crippen LogP contribution in [0.25, 0.3) is 88.8 Å². The first-order valence-electron chi connectivity index (χ1n) is 25.5. The summed E-state index contributed by atoms with van der Waals surface area (Å²) in [5, 5.41) is -3.08. The van der Waals surface area contributed by atoms with Gasteiger partial charge in [-0.05, 0) is 50.8 Å². The van der Waals surface area contributed by atoms with Crippen LogP contribution in [-0.4, -0.2) is 15.0 Å². The van der Waals surface area contributed by atoms with Crippen LogP contribution in [0.15, 0.2) is 155 Å². The van der Waals surface area contributed by atoms with Gasteiger partial charge in [0.15, 0.2) is 17.5 Å². The quantitative estimate of drug-likeness (QED) is 0.202. The van der Waals surface area contributed by atoms with E-state index in [-0.39, 0.29) is 0 Å². The number of hydrogen-bond acceptors (Lipinski definition) is 4. The van der Waals surface area contributed by atoms with Crippen molar-refractivity contribution in [1.82, 2.24) is 15.0 Å². The summed E-state index contributed by atoms with van der Waals surface area (Å²) in [5.41, 5.74) is -4.66. The molecule has 0 bridgehead atoms. The summed E-state index contributed by atoms with van der Waals surface area (Å²) < 4.78 is 224. The van der Waals surface area contributed by atoms with Crippen molar-refractivity contribution in [1.29, 1.82) is 0 Å². The van der Waals surface area contributed by atoms with Crippen LogP contribution in [0.1, 0.15) is 34.3 Å². The second kappa shape index (κ2) is 10.2. The largest absolute Gasteiger partial charge is 0.456 e. The highest BCUT2D eigenvalue weighted by Crippen LogP contribution is 2.37. The second-order valence-corrected chi connectivity index (χ2v) is 9.32. The zero-order chi connectivity index (χ0) is 51.5. The molecule has 0 radical (unpaired) electrons. The molecule has 45 heavy (non-hydrogen) atoms. The summed E-state index contributed by atoms with van der Waals surface area (Å²) in [4.78, 5) is 13.1. The summed E-state index contributed by atoms with van der Waals surface area (Å²) in [5.74, 6) is -2.49. The van der Waals surface area contributed by atoms with Crippen LogP contribution in [0.3, 0.4) is 0 Å². The Kier molecular flexibility index (Phi) is 2.46. The standard InChI is InChI=1S/C41H25N3O/c1-2-11-30-25-31(24-19-26(30)9-1)40-42-39(29-22-20-28(21-23-29)33-15-7-12-27-10-3-4-13-32(27)33)43-41(44-40)35-16-8-18-37-38(35)34-14-5-6-17-36(34)45-37/h1-25H/i1D,2D,3D,4D,5D,6D,7D,8D,9D,10D,11D,12D,13D,14D,15D,16D,17D,18D,19D,20D,21D,22D,23D,24D,25D. The first kappa shape index (κ1) is 10.8. The molecular weight excluding hydrogens is 550 g/mol. The van der Waals surface area contributed by atoms with Crippen molar-refractivity contribution in [2.45, 2.75) is 0 Å². The van der Waals surface area contributed by atoms with Crippen LogP contribution in [0.4, 0.5) is 0 Å². The minimum Gasteiger partial charge on any atom is -0.456 e. The van der Waals surface area contributed by atoms with Crippen LogP contribution in [0.2, 0.25) is 0 Å². The van der Waals surface area contributed by atoms with Crippen molar-refractivity contribution in [3.8, 4) is 45.3 Å². The number of nitrogens with zero attached hydrogens (tertiary/aromatic N) is 3. The maximum Gasteiger partial charge on any atom is 0.164 e. The van der Waals surface area contributed by atoms with E-state index < -0.39 is 240 Å². The summed E-state index contributed by atoms with van der Waals surface area (Å²) in [6, 6.07) is -21.1. The Bertz CT molecular complexity index is 3930. The predicted octanol–water partition coefficient (Wildman–Crippen LogP) is 10.7. The number of rotatable bonds is 4. The molecule has 0 atom stereocenters. The fourth-order valence-electron chi connectivity index (χ4n) is 4.68. The highest BCUT2D eigenvalue weighted by molar-refractivity contribution is 6.11. The summed E-state index contributed by atoms with van der Waals surface area (Å²) >= 11 is 0. The van der Waals surface area contributed by atoms with Gasteiger partial charge in [-0.15, -0.1) is 0 Å². The molecule has 0 aliphatic heterocycles. The monoisotopic (exact) mass is 600 g/mol. The molecule has 2 aromatic heterocycles. The Morgan fingerprint density at radius 2 is 0.978 bits per heavy atom. The van der Waals surface area contributed by atoms with E-state index in [4.69, 9.17) is 31.8 Å². The number of fused-ring (bicyclic) bond motifs is 5. The Morgan fingerprint density at radius 3 is 1.84 bits per heavy atom. The van der Waals surface area contributed by atoms with Crippen LogP contribution in [-0.2, 0) is 0 Å². The van der Waals surface area contributed by atoms with Crippen LogP contribution in [0, 0.1) is 0 Å². The van der Waals surface area contributed by atoms with Crippen molar-refractivity contribution in [2.24, 2.45) is 0 Å². The summed E-state index contributed by atoms with van der Waals surface area (Å²) in [7, 11) is 0. The summed E-state index contributed by atoms with van der Waals surface area (Å²) in [6.45, 7) is 0. The van der Waals surface area contributed by atoms with Gasteiger partial charge >= 0.3 is 0 Å². The van der Waals surface area contributed by atoms with Gasteiger partial charge in [0.2, 0.25) is 0 Å². The van der Waals surface area contributed by atoms with Crippen molar-refractivity contribution in [3.63, 3.8) is 0 Å². The topological polar surface area (TPSA) is 51.8 Å². The average molecular weight is 601 g/mol. The number of aromatic nitrogens is 3. The normalized spacial score (nSPS) is 19.3. The van der Waals surface area contributed by atoms with Gasteiger partial charge in [0.1, 0.15) is 11.2 Å². The van der Waals surface area contributed by atoms with Gasteiger partial charge in [-0.2, -0.15) is 0 Å². The lowest BCUT2D eigenvalue weighted by Gasteiger charge is -2.11. The van der Waals surface area contributed by atoms with Gasteiger partial charge in [0.25, 0.3) is 0 Å². The fourth-order valence-corrected chi connectivity index (χ4v) is 4.68. The molecule has 0 aliphatic carbocycles. The predicted molar refractivity (Wildman–Crippen MR) is 184 cm³/mol. The smallest absolute Gasteiger partial charge is 0.164 e. The van der Waals surface area contributed by atoms with Crippen LogP contribution >= 0.6 is 0 Å². The number of hydrogen-bond donors (Lipinski definition) is 0. The molecule has 4 heteroatoms. The van der Waals surface area contributed by atoms with E-state index in [9.17, 15) is 6.85 Å². The highest BCUT2D eigenvalue weighted by Gasteiger charge is 2.18. The molecule has 0 aliphatic rings. The van der Waals surface area contributed by atoms with Gasteiger partial charge in [0, 0.05) is 27.5 Å². The van der Waals surface area contributed by atoms with Gasteiger partial charge in [-0.1, -0.05) is 133 Å². The molecule has 9 rings (SSSR count). The minimum absolute atomic E-state index is 0.420. The van der Waals surface area contributed by atoms with Gasteiger partial charge in [0.05, 0.1) is 34.3 Å².